The van der Waals surface area contributed by atoms with E-state index in [0.717, 1.165) is 18.4 Å². The largest absolute Gasteiger partial charge is 0.478 e. The van der Waals surface area contributed by atoms with Gasteiger partial charge < -0.3 is 10.4 Å². The summed E-state index contributed by atoms with van der Waals surface area (Å²) in [6, 6.07) is 6.81. The summed E-state index contributed by atoms with van der Waals surface area (Å²) in [6.07, 6.45) is 7.55. The van der Waals surface area contributed by atoms with Crippen molar-refractivity contribution in [3.05, 3.63) is 47.5 Å². The normalized spacial score (nSPS) is 17.1. The molecule has 1 aliphatic carbocycles. The number of carbonyl (C=O) groups excluding carboxylic acids is 1. The van der Waals surface area contributed by atoms with Gasteiger partial charge in [0, 0.05) is 13.0 Å². The zero-order chi connectivity index (χ0) is 14.4. The van der Waals surface area contributed by atoms with Gasteiger partial charge in [0.15, 0.2) is 0 Å². The lowest BCUT2D eigenvalue weighted by Crippen LogP contribution is -2.27. The van der Waals surface area contributed by atoms with E-state index in [1.807, 2.05) is 6.07 Å². The van der Waals surface area contributed by atoms with E-state index in [0.29, 0.717) is 25.3 Å². The monoisotopic (exact) mass is 273 g/mol. The number of carboxylic acids is 1. The molecule has 0 aliphatic heterocycles. The number of allylic oxidation sites excluding steroid dienone is 2. The number of amides is 1. The molecule has 4 heteroatoms. The number of hydrogen-bond acceptors (Lipinski definition) is 2. The number of aromatic carboxylic acids is 1. The first-order valence-electron chi connectivity index (χ1n) is 6.91. The Labute approximate surface area is 118 Å². The number of nitrogens with one attached hydrogen (secondary N) is 1. The van der Waals surface area contributed by atoms with Gasteiger partial charge in [-0.1, -0.05) is 24.3 Å². The van der Waals surface area contributed by atoms with Crippen LogP contribution in [0.2, 0.25) is 0 Å². The van der Waals surface area contributed by atoms with Crippen LogP contribution in [0.1, 0.15) is 35.2 Å². The van der Waals surface area contributed by atoms with E-state index in [1.54, 1.807) is 18.2 Å². The van der Waals surface area contributed by atoms with Gasteiger partial charge in [0.2, 0.25) is 5.91 Å². The van der Waals surface area contributed by atoms with Crippen LogP contribution in [0.25, 0.3) is 0 Å². The third kappa shape index (κ3) is 4.23. The molecule has 0 bridgehead atoms. The molecule has 0 radical (unpaired) electrons. The van der Waals surface area contributed by atoms with E-state index in [9.17, 15) is 9.59 Å². The summed E-state index contributed by atoms with van der Waals surface area (Å²) in [4.78, 5) is 22.6. The molecule has 0 heterocycles. The molecule has 1 aliphatic rings. The first-order valence-corrected chi connectivity index (χ1v) is 6.91. The number of hydrogen-bond donors (Lipinski definition) is 2. The predicted octanol–water partition coefficient (Wildman–Crippen LogP) is 2.40. The summed E-state index contributed by atoms with van der Waals surface area (Å²) >= 11 is 0. The summed E-state index contributed by atoms with van der Waals surface area (Å²) in [6.45, 7) is 0.540. The molecular formula is C16H19NO3. The number of rotatable bonds is 6. The fourth-order valence-corrected chi connectivity index (χ4v) is 2.38. The second-order valence-electron chi connectivity index (χ2n) is 5.08. The van der Waals surface area contributed by atoms with Crippen LogP contribution in [-0.2, 0) is 11.2 Å². The minimum absolute atomic E-state index is 0.0657. The molecule has 106 valence electrons. The van der Waals surface area contributed by atoms with Crippen molar-refractivity contribution >= 4 is 11.9 Å². The van der Waals surface area contributed by atoms with Gasteiger partial charge in [-0.05, 0) is 42.9 Å². The molecular weight excluding hydrogens is 254 g/mol. The van der Waals surface area contributed by atoms with Crippen molar-refractivity contribution in [1.82, 2.24) is 5.32 Å². The van der Waals surface area contributed by atoms with Gasteiger partial charge in [0.05, 0.1) is 5.56 Å². The molecule has 0 saturated heterocycles. The molecule has 0 aromatic heterocycles. The Morgan fingerprint density at radius 2 is 2.20 bits per heavy atom. The van der Waals surface area contributed by atoms with Crippen LogP contribution in [0.15, 0.2) is 36.4 Å². The maximum absolute atomic E-state index is 11.7. The van der Waals surface area contributed by atoms with Crippen molar-refractivity contribution in [2.45, 2.75) is 25.7 Å². The van der Waals surface area contributed by atoms with Crippen LogP contribution in [0.5, 0.6) is 0 Å². The molecule has 0 spiro atoms. The number of benzene rings is 1. The molecule has 0 fully saturated rings. The van der Waals surface area contributed by atoms with Crippen LogP contribution in [0.4, 0.5) is 0 Å². The molecule has 1 aromatic rings. The standard InChI is InChI=1S/C16H19NO3/c18-15(11-12-4-1-2-5-12)17-9-8-13-6-3-7-14(10-13)16(19)20/h1,3-4,6-7,10,12H,2,5,8-9,11H2,(H,17,18)(H,19,20). The summed E-state index contributed by atoms with van der Waals surface area (Å²) in [7, 11) is 0. The third-order valence-corrected chi connectivity index (χ3v) is 3.47. The maximum atomic E-state index is 11.7. The van der Waals surface area contributed by atoms with Crippen LogP contribution in [0.3, 0.4) is 0 Å². The fourth-order valence-electron chi connectivity index (χ4n) is 2.38. The Morgan fingerprint density at radius 3 is 2.90 bits per heavy atom. The van der Waals surface area contributed by atoms with Crippen molar-refractivity contribution in [2.24, 2.45) is 5.92 Å². The van der Waals surface area contributed by atoms with Gasteiger partial charge in [0.25, 0.3) is 0 Å². The second-order valence-corrected chi connectivity index (χ2v) is 5.08. The lowest BCUT2D eigenvalue weighted by atomic mass is 10.0. The highest BCUT2D eigenvalue weighted by Crippen LogP contribution is 2.19. The van der Waals surface area contributed by atoms with E-state index in [2.05, 4.69) is 17.5 Å². The van der Waals surface area contributed by atoms with Crippen molar-refractivity contribution < 1.29 is 14.7 Å². The second kappa shape index (κ2) is 6.89. The molecule has 1 aromatic carbocycles. The molecule has 1 unspecified atom stereocenters. The minimum atomic E-state index is -0.927. The van der Waals surface area contributed by atoms with E-state index in [-0.39, 0.29) is 11.5 Å². The predicted molar refractivity (Wildman–Crippen MR) is 76.6 cm³/mol. The van der Waals surface area contributed by atoms with Crippen LogP contribution < -0.4 is 5.32 Å². The first-order chi connectivity index (χ1) is 9.65. The van der Waals surface area contributed by atoms with Crippen molar-refractivity contribution in [1.29, 1.82) is 0 Å². The molecule has 1 amide bonds. The van der Waals surface area contributed by atoms with E-state index in [1.165, 1.54) is 0 Å². The van der Waals surface area contributed by atoms with Crippen LogP contribution >= 0.6 is 0 Å². The number of carbonyl (C=O) groups is 2. The Morgan fingerprint density at radius 1 is 1.35 bits per heavy atom. The van der Waals surface area contributed by atoms with Crippen molar-refractivity contribution in [3.8, 4) is 0 Å². The van der Waals surface area contributed by atoms with Crippen LogP contribution in [0, 0.1) is 5.92 Å². The zero-order valence-corrected chi connectivity index (χ0v) is 11.3. The van der Waals surface area contributed by atoms with Crippen molar-refractivity contribution in [2.75, 3.05) is 6.54 Å². The molecule has 1 atom stereocenters. The lowest BCUT2D eigenvalue weighted by molar-refractivity contribution is -0.121. The fraction of sp³-hybridized carbons (Fsp3) is 0.375. The van der Waals surface area contributed by atoms with Gasteiger partial charge in [-0.3, -0.25) is 4.79 Å². The Hall–Kier alpha value is -2.10. The zero-order valence-electron chi connectivity index (χ0n) is 11.3. The molecule has 20 heavy (non-hydrogen) atoms. The molecule has 2 N–H and O–H groups in total. The van der Waals surface area contributed by atoms with Gasteiger partial charge >= 0.3 is 5.97 Å². The Bertz CT molecular complexity index is 522. The minimum Gasteiger partial charge on any atom is -0.478 e. The highest BCUT2D eigenvalue weighted by molar-refractivity contribution is 5.87. The summed E-state index contributed by atoms with van der Waals surface area (Å²) in [5.74, 6) is -0.481. The average molecular weight is 273 g/mol. The topological polar surface area (TPSA) is 66.4 Å². The average Bonchev–Trinajstić information content (AvgIpc) is 2.92. The maximum Gasteiger partial charge on any atom is 0.335 e. The Kier molecular flexibility index (Phi) is 4.93. The summed E-state index contributed by atoms with van der Waals surface area (Å²) in [5.41, 5.74) is 1.20. The van der Waals surface area contributed by atoms with Gasteiger partial charge in [-0.15, -0.1) is 0 Å². The third-order valence-electron chi connectivity index (χ3n) is 3.47. The summed E-state index contributed by atoms with van der Waals surface area (Å²) < 4.78 is 0. The van der Waals surface area contributed by atoms with E-state index >= 15 is 0 Å². The first kappa shape index (κ1) is 14.3. The Balaban J connectivity index is 1.75. The highest BCUT2D eigenvalue weighted by Gasteiger charge is 2.13. The van der Waals surface area contributed by atoms with E-state index < -0.39 is 5.97 Å². The quantitative estimate of drug-likeness (QED) is 0.782. The highest BCUT2D eigenvalue weighted by atomic mass is 16.4. The lowest BCUT2D eigenvalue weighted by Gasteiger charge is -2.09. The van der Waals surface area contributed by atoms with Crippen molar-refractivity contribution in [3.63, 3.8) is 0 Å². The van der Waals surface area contributed by atoms with Gasteiger partial charge in [-0.25, -0.2) is 4.79 Å². The van der Waals surface area contributed by atoms with Gasteiger partial charge in [-0.2, -0.15) is 0 Å². The smallest absolute Gasteiger partial charge is 0.335 e. The summed E-state index contributed by atoms with van der Waals surface area (Å²) in [5, 5.41) is 11.8. The van der Waals surface area contributed by atoms with Gasteiger partial charge in [0.1, 0.15) is 0 Å². The molecule has 4 nitrogen and oxygen atoms in total. The number of carboxylic acid groups (broad SMARTS) is 1. The molecule has 2 rings (SSSR count). The van der Waals surface area contributed by atoms with E-state index in [4.69, 9.17) is 5.11 Å². The SMILES string of the molecule is O=C(CC1C=CCC1)NCCc1cccc(C(=O)O)c1. The van der Waals surface area contributed by atoms with Crippen LogP contribution in [-0.4, -0.2) is 23.5 Å². The molecule has 0 saturated carbocycles.